The lowest BCUT2D eigenvalue weighted by Crippen LogP contribution is -2.25. The Hall–Kier alpha value is -3.00. The summed E-state index contributed by atoms with van der Waals surface area (Å²) in [7, 11) is 2.16. The number of nitrogens with zero attached hydrogens (tertiary/aromatic N) is 6. The van der Waals surface area contributed by atoms with Gasteiger partial charge in [-0.1, -0.05) is 6.07 Å². The van der Waals surface area contributed by atoms with Crippen LogP contribution >= 0.6 is 0 Å². The molecule has 3 N–H and O–H groups in total. The zero-order valence-electron chi connectivity index (χ0n) is 14.7. The van der Waals surface area contributed by atoms with Gasteiger partial charge in [0.05, 0.1) is 0 Å². The van der Waals surface area contributed by atoms with Crippen molar-refractivity contribution in [2.45, 2.75) is 12.5 Å². The van der Waals surface area contributed by atoms with Crippen LogP contribution in [0.1, 0.15) is 18.0 Å². The number of aromatic nitrogens is 5. The largest absolute Gasteiger partial charge is 0.393 e. The molecule has 1 aliphatic rings. The van der Waals surface area contributed by atoms with E-state index in [-0.39, 0.29) is 0 Å². The van der Waals surface area contributed by atoms with Gasteiger partial charge in [-0.15, -0.1) is 0 Å². The SMILES string of the molecule is CN1CC[C@@H](CNc2ncnc(-n3cccn3)c2N)[C@@H]1c1cccnc1. The molecule has 3 aromatic heterocycles. The van der Waals surface area contributed by atoms with Crippen LogP contribution < -0.4 is 11.1 Å². The summed E-state index contributed by atoms with van der Waals surface area (Å²) in [6, 6.07) is 6.30. The lowest BCUT2D eigenvalue weighted by Gasteiger charge is -2.25. The minimum atomic E-state index is 0.338. The number of pyridine rings is 1. The van der Waals surface area contributed by atoms with Crippen LogP contribution in [-0.2, 0) is 0 Å². The Balaban J connectivity index is 1.51. The Morgan fingerprint density at radius 2 is 2.19 bits per heavy atom. The fourth-order valence-electron chi connectivity index (χ4n) is 3.65. The highest BCUT2D eigenvalue weighted by Crippen LogP contribution is 2.36. The second-order valence-corrected chi connectivity index (χ2v) is 6.55. The Morgan fingerprint density at radius 3 is 2.96 bits per heavy atom. The van der Waals surface area contributed by atoms with Crippen LogP contribution in [0.3, 0.4) is 0 Å². The van der Waals surface area contributed by atoms with Gasteiger partial charge < -0.3 is 11.1 Å². The van der Waals surface area contributed by atoms with Gasteiger partial charge in [0.2, 0.25) is 0 Å². The second kappa shape index (κ2) is 7.09. The molecule has 0 saturated carbocycles. The van der Waals surface area contributed by atoms with Crippen molar-refractivity contribution in [2.75, 3.05) is 31.2 Å². The maximum Gasteiger partial charge on any atom is 0.181 e. The molecule has 0 unspecified atom stereocenters. The van der Waals surface area contributed by atoms with Crippen molar-refractivity contribution in [1.29, 1.82) is 0 Å². The van der Waals surface area contributed by atoms with E-state index in [0.29, 0.717) is 29.3 Å². The minimum absolute atomic E-state index is 0.338. The van der Waals surface area contributed by atoms with Gasteiger partial charge in [0.15, 0.2) is 11.6 Å². The van der Waals surface area contributed by atoms with Crippen molar-refractivity contribution < 1.29 is 0 Å². The predicted octanol–water partition coefficient (Wildman–Crippen LogP) is 1.74. The maximum absolute atomic E-state index is 6.26. The van der Waals surface area contributed by atoms with Gasteiger partial charge >= 0.3 is 0 Å². The first-order valence-electron chi connectivity index (χ1n) is 8.68. The summed E-state index contributed by atoms with van der Waals surface area (Å²) in [5, 5.41) is 7.61. The van der Waals surface area contributed by atoms with E-state index in [1.165, 1.54) is 11.9 Å². The number of likely N-dealkylation sites (tertiary alicyclic amines) is 1. The molecule has 1 aliphatic heterocycles. The summed E-state index contributed by atoms with van der Waals surface area (Å²) >= 11 is 0. The lowest BCUT2D eigenvalue weighted by atomic mass is 9.95. The number of anilines is 2. The monoisotopic (exact) mass is 350 g/mol. The smallest absolute Gasteiger partial charge is 0.181 e. The van der Waals surface area contributed by atoms with Crippen LogP contribution in [0.4, 0.5) is 11.5 Å². The fourth-order valence-corrected chi connectivity index (χ4v) is 3.65. The zero-order valence-corrected chi connectivity index (χ0v) is 14.7. The molecule has 0 aliphatic carbocycles. The summed E-state index contributed by atoms with van der Waals surface area (Å²) in [4.78, 5) is 15.2. The average molecular weight is 350 g/mol. The first kappa shape index (κ1) is 16.5. The van der Waals surface area contributed by atoms with E-state index in [2.05, 4.69) is 43.4 Å². The van der Waals surface area contributed by atoms with Gasteiger partial charge in [0.25, 0.3) is 0 Å². The number of nitrogens with two attached hydrogens (primary N) is 1. The van der Waals surface area contributed by atoms with E-state index < -0.39 is 0 Å². The van der Waals surface area contributed by atoms with Crippen LogP contribution in [0.5, 0.6) is 0 Å². The number of nitrogens with one attached hydrogen (secondary N) is 1. The number of rotatable bonds is 5. The minimum Gasteiger partial charge on any atom is -0.393 e. The average Bonchev–Trinajstić information content (AvgIpc) is 3.31. The molecular weight excluding hydrogens is 328 g/mol. The fraction of sp³-hybridized carbons (Fsp3) is 0.333. The second-order valence-electron chi connectivity index (χ2n) is 6.55. The molecule has 1 saturated heterocycles. The third kappa shape index (κ3) is 3.11. The van der Waals surface area contributed by atoms with Gasteiger partial charge in [-0.05, 0) is 43.6 Å². The van der Waals surface area contributed by atoms with Crippen LogP contribution in [0.15, 0.2) is 49.3 Å². The molecule has 2 atom stereocenters. The molecule has 26 heavy (non-hydrogen) atoms. The highest BCUT2D eigenvalue weighted by atomic mass is 15.3. The molecule has 0 spiro atoms. The van der Waals surface area contributed by atoms with Gasteiger partial charge in [0.1, 0.15) is 12.0 Å². The molecule has 3 aromatic rings. The van der Waals surface area contributed by atoms with E-state index in [0.717, 1.165) is 19.5 Å². The van der Waals surface area contributed by atoms with Crippen molar-refractivity contribution in [2.24, 2.45) is 5.92 Å². The summed E-state index contributed by atoms with van der Waals surface area (Å²) < 4.78 is 1.64. The summed E-state index contributed by atoms with van der Waals surface area (Å²) in [6.45, 7) is 1.84. The molecule has 1 fully saturated rings. The van der Waals surface area contributed by atoms with Crippen molar-refractivity contribution in [3.63, 3.8) is 0 Å². The topological polar surface area (TPSA) is 97.8 Å². The Kier molecular flexibility index (Phi) is 4.49. The lowest BCUT2D eigenvalue weighted by molar-refractivity contribution is 0.281. The summed E-state index contributed by atoms with van der Waals surface area (Å²) in [6.07, 6.45) is 9.89. The Labute approximate surface area is 152 Å². The molecular formula is C18H22N8. The van der Waals surface area contributed by atoms with Gasteiger partial charge in [-0.3, -0.25) is 9.88 Å². The quantitative estimate of drug-likeness (QED) is 0.723. The predicted molar refractivity (Wildman–Crippen MR) is 99.8 cm³/mol. The van der Waals surface area contributed by atoms with Crippen molar-refractivity contribution >= 4 is 11.5 Å². The first-order chi connectivity index (χ1) is 12.7. The van der Waals surface area contributed by atoms with Gasteiger partial charge in [-0.25, -0.2) is 14.6 Å². The normalized spacial score (nSPS) is 20.3. The Bertz CT molecular complexity index is 849. The number of nitrogen functional groups attached to an aromatic ring is 1. The van der Waals surface area contributed by atoms with E-state index >= 15 is 0 Å². The first-order valence-corrected chi connectivity index (χ1v) is 8.68. The van der Waals surface area contributed by atoms with E-state index in [1.54, 1.807) is 10.9 Å². The van der Waals surface area contributed by atoms with Gasteiger partial charge in [0, 0.05) is 37.4 Å². The van der Waals surface area contributed by atoms with Crippen LogP contribution in [-0.4, -0.2) is 49.8 Å². The molecule has 8 nitrogen and oxygen atoms in total. The number of hydrogen-bond acceptors (Lipinski definition) is 7. The van der Waals surface area contributed by atoms with E-state index in [9.17, 15) is 0 Å². The van der Waals surface area contributed by atoms with Crippen LogP contribution in [0.2, 0.25) is 0 Å². The van der Waals surface area contributed by atoms with Crippen LogP contribution in [0.25, 0.3) is 5.82 Å². The van der Waals surface area contributed by atoms with Crippen molar-refractivity contribution in [3.05, 3.63) is 54.9 Å². The maximum atomic E-state index is 6.26. The zero-order chi connectivity index (χ0) is 17.9. The standard InChI is InChI=1S/C18H22N8/c1-25-9-5-14(16(25)13-4-2-6-20-10-13)11-21-17-15(19)18(23-12-22-17)26-8-3-7-24-26/h2-4,6-8,10,12,14,16H,5,9,11,19H2,1H3,(H,21,22,23)/t14-,16-/m0/s1. The molecule has 0 bridgehead atoms. The molecule has 0 aromatic carbocycles. The highest BCUT2D eigenvalue weighted by molar-refractivity contribution is 5.68. The third-order valence-electron chi connectivity index (χ3n) is 4.92. The molecule has 4 heterocycles. The molecule has 0 amide bonds. The molecule has 4 rings (SSSR count). The Morgan fingerprint density at radius 1 is 1.27 bits per heavy atom. The van der Waals surface area contributed by atoms with Crippen molar-refractivity contribution in [1.82, 2.24) is 29.6 Å². The molecule has 0 radical (unpaired) electrons. The van der Waals surface area contributed by atoms with Gasteiger partial charge in [-0.2, -0.15) is 5.10 Å². The molecule has 134 valence electrons. The van der Waals surface area contributed by atoms with E-state index in [4.69, 9.17) is 5.73 Å². The highest BCUT2D eigenvalue weighted by Gasteiger charge is 2.33. The third-order valence-corrected chi connectivity index (χ3v) is 4.92. The number of hydrogen-bond donors (Lipinski definition) is 2. The van der Waals surface area contributed by atoms with Crippen LogP contribution in [0, 0.1) is 5.92 Å². The summed E-state index contributed by atoms with van der Waals surface area (Å²) in [5.41, 5.74) is 8.01. The van der Waals surface area contributed by atoms with E-state index in [1.807, 2.05) is 30.7 Å². The molecule has 8 heteroatoms. The van der Waals surface area contributed by atoms with Crippen molar-refractivity contribution in [3.8, 4) is 5.82 Å². The summed E-state index contributed by atoms with van der Waals surface area (Å²) in [5.74, 6) is 1.68.